The Bertz CT molecular complexity index is 640. The molecule has 2 unspecified atom stereocenters. The number of carbonyl (C=O) groups excluding carboxylic acids is 1. The van der Waals surface area contributed by atoms with Crippen LogP contribution in [-0.4, -0.2) is 29.6 Å². The number of ether oxygens (including phenoxy) is 1. The van der Waals surface area contributed by atoms with Crippen molar-refractivity contribution in [1.82, 2.24) is 10.3 Å². The Hall–Kier alpha value is -1.66. The van der Waals surface area contributed by atoms with E-state index in [2.05, 4.69) is 10.3 Å². The van der Waals surface area contributed by atoms with Gasteiger partial charge in [0.05, 0.1) is 16.5 Å². The second-order valence-corrected chi connectivity index (χ2v) is 6.12. The van der Waals surface area contributed by atoms with Crippen molar-refractivity contribution in [3.63, 3.8) is 0 Å². The minimum absolute atomic E-state index is 0.107. The zero-order valence-electron chi connectivity index (χ0n) is 11.3. The average Bonchev–Trinajstić information content (AvgIpc) is 2.77. The van der Waals surface area contributed by atoms with Crippen LogP contribution in [-0.2, 0) is 4.74 Å². The smallest absolute Gasteiger partial charge is 0.263 e. The average molecular weight is 291 g/mol. The van der Waals surface area contributed by atoms with E-state index < -0.39 is 0 Å². The van der Waals surface area contributed by atoms with Crippen LogP contribution in [0.3, 0.4) is 0 Å². The van der Waals surface area contributed by atoms with Gasteiger partial charge in [0.25, 0.3) is 5.91 Å². The van der Waals surface area contributed by atoms with Crippen molar-refractivity contribution in [2.45, 2.75) is 31.9 Å². The lowest BCUT2D eigenvalue weighted by Gasteiger charge is -2.27. The Kier molecular flexibility index (Phi) is 3.58. The van der Waals surface area contributed by atoms with Crippen LogP contribution in [0.2, 0.25) is 0 Å². The molecule has 2 aromatic rings. The third-order valence-corrected chi connectivity index (χ3v) is 4.67. The molecule has 3 rings (SSSR count). The zero-order chi connectivity index (χ0) is 14.1. The molecule has 0 bridgehead atoms. The Morgan fingerprint density at radius 2 is 2.45 bits per heavy atom. The number of anilines is 1. The molecule has 2 atom stereocenters. The van der Waals surface area contributed by atoms with E-state index in [4.69, 9.17) is 10.5 Å². The number of amides is 1. The maximum atomic E-state index is 12.4. The van der Waals surface area contributed by atoms with Crippen LogP contribution >= 0.6 is 11.3 Å². The number of aromatic nitrogens is 1. The van der Waals surface area contributed by atoms with E-state index >= 15 is 0 Å². The molecule has 20 heavy (non-hydrogen) atoms. The van der Waals surface area contributed by atoms with E-state index in [0.717, 1.165) is 17.5 Å². The van der Waals surface area contributed by atoms with Gasteiger partial charge in [-0.3, -0.25) is 9.78 Å². The molecule has 3 heterocycles. The fourth-order valence-electron chi connectivity index (χ4n) is 2.50. The van der Waals surface area contributed by atoms with Crippen molar-refractivity contribution in [3.05, 3.63) is 23.2 Å². The maximum Gasteiger partial charge on any atom is 0.263 e. The lowest BCUT2D eigenvalue weighted by molar-refractivity contribution is 0.0137. The Balaban J connectivity index is 1.80. The number of nitrogen functional groups attached to an aromatic ring is 1. The molecule has 106 valence electrons. The molecule has 0 aliphatic carbocycles. The summed E-state index contributed by atoms with van der Waals surface area (Å²) in [5.74, 6) is -0.107. The molecule has 5 nitrogen and oxygen atoms in total. The summed E-state index contributed by atoms with van der Waals surface area (Å²) in [6.07, 6.45) is 3.57. The number of hydrogen-bond acceptors (Lipinski definition) is 5. The van der Waals surface area contributed by atoms with Crippen LogP contribution in [0.5, 0.6) is 0 Å². The first kappa shape index (κ1) is 13.3. The molecule has 6 heteroatoms. The Morgan fingerprint density at radius 1 is 1.60 bits per heavy atom. The third kappa shape index (κ3) is 2.48. The first-order valence-corrected chi connectivity index (χ1v) is 7.52. The van der Waals surface area contributed by atoms with Gasteiger partial charge in [-0.1, -0.05) is 0 Å². The lowest BCUT2D eigenvalue weighted by atomic mass is 10.0. The first-order chi connectivity index (χ1) is 9.65. The zero-order valence-corrected chi connectivity index (χ0v) is 12.1. The summed E-state index contributed by atoms with van der Waals surface area (Å²) in [7, 11) is 0. The van der Waals surface area contributed by atoms with Gasteiger partial charge in [-0.15, -0.1) is 11.3 Å². The van der Waals surface area contributed by atoms with Crippen molar-refractivity contribution in [2.75, 3.05) is 12.3 Å². The molecular weight excluding hydrogens is 274 g/mol. The molecule has 0 aromatic carbocycles. The van der Waals surface area contributed by atoms with Crippen molar-refractivity contribution >= 4 is 33.1 Å². The predicted molar refractivity (Wildman–Crippen MR) is 79.9 cm³/mol. The summed E-state index contributed by atoms with van der Waals surface area (Å²) in [5.41, 5.74) is 7.22. The molecule has 0 saturated carbocycles. The molecular formula is C14H17N3O2S. The number of hydrogen-bond donors (Lipinski definition) is 2. The van der Waals surface area contributed by atoms with E-state index in [9.17, 15) is 4.79 Å². The highest BCUT2D eigenvalue weighted by Gasteiger charge is 2.24. The van der Waals surface area contributed by atoms with Gasteiger partial charge in [-0.2, -0.15) is 0 Å². The first-order valence-electron chi connectivity index (χ1n) is 6.70. The third-order valence-electron chi connectivity index (χ3n) is 3.51. The largest absolute Gasteiger partial charge is 0.396 e. The summed E-state index contributed by atoms with van der Waals surface area (Å²) in [5, 5.41) is 3.05. The summed E-state index contributed by atoms with van der Waals surface area (Å²) in [4.78, 5) is 17.1. The number of pyridine rings is 1. The van der Waals surface area contributed by atoms with E-state index in [1.165, 1.54) is 11.3 Å². The monoisotopic (exact) mass is 291 g/mol. The molecule has 1 aliphatic rings. The standard InChI is InChI=1S/C14H17N3O2S/c1-8-7-9(4-6-19-8)17-14(18)13-11(15)12-10(20-13)3-2-5-16-12/h2-3,5,8-9H,4,6-7,15H2,1H3,(H,17,18). The Labute approximate surface area is 121 Å². The van der Waals surface area contributed by atoms with Crippen LogP contribution in [0, 0.1) is 0 Å². The van der Waals surface area contributed by atoms with Gasteiger partial charge in [0, 0.05) is 18.8 Å². The van der Waals surface area contributed by atoms with Gasteiger partial charge in [0.1, 0.15) is 10.4 Å². The predicted octanol–water partition coefficient (Wildman–Crippen LogP) is 2.18. The number of nitrogens with two attached hydrogens (primary N) is 1. The van der Waals surface area contributed by atoms with E-state index in [0.29, 0.717) is 22.7 Å². The van der Waals surface area contributed by atoms with Crippen molar-refractivity contribution < 1.29 is 9.53 Å². The maximum absolute atomic E-state index is 12.4. The molecule has 3 N–H and O–H groups in total. The highest BCUT2D eigenvalue weighted by molar-refractivity contribution is 7.21. The van der Waals surface area contributed by atoms with Crippen LogP contribution in [0.1, 0.15) is 29.4 Å². The van der Waals surface area contributed by atoms with Gasteiger partial charge >= 0.3 is 0 Å². The van der Waals surface area contributed by atoms with E-state index in [-0.39, 0.29) is 18.1 Å². The van der Waals surface area contributed by atoms with Crippen LogP contribution in [0.25, 0.3) is 10.2 Å². The number of fused-ring (bicyclic) bond motifs is 1. The molecule has 2 aromatic heterocycles. The molecule has 0 spiro atoms. The fraction of sp³-hybridized carbons (Fsp3) is 0.429. The van der Waals surface area contributed by atoms with Gasteiger partial charge in [0.15, 0.2) is 0 Å². The minimum Gasteiger partial charge on any atom is -0.396 e. The van der Waals surface area contributed by atoms with Gasteiger partial charge in [0.2, 0.25) is 0 Å². The second kappa shape index (κ2) is 5.38. The number of thiophene rings is 1. The van der Waals surface area contributed by atoms with Gasteiger partial charge in [-0.25, -0.2) is 0 Å². The lowest BCUT2D eigenvalue weighted by Crippen LogP contribution is -2.41. The van der Waals surface area contributed by atoms with Crippen LogP contribution < -0.4 is 11.1 Å². The fourth-order valence-corrected chi connectivity index (χ4v) is 3.48. The number of nitrogens with zero attached hydrogens (tertiary/aromatic N) is 1. The van der Waals surface area contributed by atoms with Crippen molar-refractivity contribution in [3.8, 4) is 0 Å². The molecule has 1 saturated heterocycles. The van der Waals surface area contributed by atoms with Crippen LogP contribution in [0.4, 0.5) is 5.69 Å². The quantitative estimate of drug-likeness (QED) is 0.889. The molecule has 1 aliphatic heterocycles. The van der Waals surface area contributed by atoms with Crippen LogP contribution in [0.15, 0.2) is 18.3 Å². The SMILES string of the molecule is CC1CC(NC(=O)c2sc3cccnc3c2N)CCO1. The summed E-state index contributed by atoms with van der Waals surface area (Å²) >= 11 is 1.39. The number of rotatable bonds is 2. The topological polar surface area (TPSA) is 77.2 Å². The molecule has 1 fully saturated rings. The normalized spacial score (nSPS) is 22.9. The number of nitrogens with one attached hydrogen (secondary N) is 1. The summed E-state index contributed by atoms with van der Waals surface area (Å²) in [6, 6.07) is 3.93. The highest BCUT2D eigenvalue weighted by Crippen LogP contribution is 2.31. The second-order valence-electron chi connectivity index (χ2n) is 5.07. The highest BCUT2D eigenvalue weighted by atomic mass is 32.1. The minimum atomic E-state index is -0.107. The Morgan fingerprint density at radius 3 is 3.20 bits per heavy atom. The van der Waals surface area contributed by atoms with Crippen molar-refractivity contribution in [1.29, 1.82) is 0 Å². The molecule has 1 amide bonds. The van der Waals surface area contributed by atoms with E-state index in [1.54, 1.807) is 6.20 Å². The van der Waals surface area contributed by atoms with Gasteiger partial charge < -0.3 is 15.8 Å². The number of carbonyl (C=O) groups is 1. The van der Waals surface area contributed by atoms with Gasteiger partial charge in [-0.05, 0) is 31.9 Å². The van der Waals surface area contributed by atoms with Crippen molar-refractivity contribution in [2.24, 2.45) is 0 Å². The van der Waals surface area contributed by atoms with E-state index in [1.807, 2.05) is 19.1 Å². The molecule has 0 radical (unpaired) electrons. The summed E-state index contributed by atoms with van der Waals surface area (Å²) < 4.78 is 6.42. The summed E-state index contributed by atoms with van der Waals surface area (Å²) in [6.45, 7) is 2.71.